The van der Waals surface area contributed by atoms with Gasteiger partial charge in [0.2, 0.25) is 0 Å². The molecule has 1 aliphatic carbocycles. The lowest BCUT2D eigenvalue weighted by Gasteiger charge is -2.46. The maximum Gasteiger partial charge on any atom is 0.350 e. The highest BCUT2D eigenvalue weighted by atomic mass is 31.2. The molecule has 0 amide bonds. The highest BCUT2D eigenvalue weighted by Gasteiger charge is 2.62. The molecule has 0 radical (unpaired) electrons. The fourth-order valence-corrected chi connectivity index (χ4v) is 29.4. The van der Waals surface area contributed by atoms with Crippen molar-refractivity contribution in [2.24, 2.45) is 5.92 Å². The lowest BCUT2D eigenvalue weighted by atomic mass is 9.72. The van der Waals surface area contributed by atoms with Crippen LogP contribution in [0.25, 0.3) is 0 Å². The Balaban J connectivity index is 0.000000156. The minimum absolute atomic E-state index is 0.000231. The highest BCUT2D eigenvalue weighted by Crippen LogP contribution is 2.76. The van der Waals surface area contributed by atoms with E-state index in [-0.39, 0.29) is 53.0 Å². The van der Waals surface area contributed by atoms with Crippen LogP contribution in [0.2, 0.25) is 0 Å². The normalized spacial score (nSPS) is 13.8. The molecule has 14 aromatic rings. The van der Waals surface area contributed by atoms with E-state index in [0.29, 0.717) is 55.6 Å². The molecule has 15 nitrogen and oxygen atoms in total. The van der Waals surface area contributed by atoms with E-state index in [2.05, 4.69) is 0 Å². The van der Waals surface area contributed by atoms with Crippen LogP contribution in [-0.2, 0) is 93.8 Å². The molecule has 34 heteroatoms. The Labute approximate surface area is 796 Å². The Morgan fingerprint density at radius 2 is 0.468 bits per heavy atom. The third kappa shape index (κ3) is 21.1. The van der Waals surface area contributed by atoms with Gasteiger partial charge in [-0.05, 0) is 255 Å². The van der Waals surface area contributed by atoms with E-state index in [1.165, 1.54) is 360 Å². The highest BCUT2D eigenvalue weighted by molar-refractivity contribution is 7.57. The van der Waals surface area contributed by atoms with E-state index in [0.717, 1.165) is 32.1 Å². The number of hydrogen-bond acceptors (Lipinski definition) is 15. The minimum atomic E-state index is -4.13. The summed E-state index contributed by atoms with van der Waals surface area (Å²) in [7, 11) is -9.77. The molecule has 2 fully saturated rings. The minimum Gasteiger partial charge on any atom is -0.311 e. The fraction of sp³-hybridized carbons (Fsp3) is 0.200. The second kappa shape index (κ2) is 46.1. The van der Waals surface area contributed by atoms with Crippen molar-refractivity contribution >= 4 is 38.0 Å². The van der Waals surface area contributed by atoms with Crippen LogP contribution in [0.1, 0.15) is 110 Å². The zero-order valence-corrected chi connectivity index (χ0v) is 80.5. The first kappa shape index (κ1) is 107. The van der Waals surface area contributed by atoms with Gasteiger partial charge in [-0.1, -0.05) is 195 Å². The summed E-state index contributed by atoms with van der Waals surface area (Å²) in [6, 6.07) is 76.2. The SMILES string of the molecule is COP(=O)(OC)C(c1ccc(F)cc1)(c1ccc(F)cc1)C1CCCCC1.COP(=O)(OC)C(c1ccc(F)cc1)(c1ccc(F)cc1)c1ccc(F)cc1.COP(=O)(OC)C(c1ccc(F)cc1)(c1ccc(F)cc1)c1cccc(F)c1.COP(=O)(OC)C(c1ccc(F)cc1)(c1ccc(F)cc1)c1ccccc1F.O=P1(C(c2ccc(F)cc2)(c2ccc(F)cc2)c2ccc(F)cc2)OCCO1. The summed E-state index contributed by atoms with van der Waals surface area (Å²) in [5.74, 6) is -6.91. The van der Waals surface area contributed by atoms with Crippen molar-refractivity contribution < 1.29 is 130 Å². The second-order valence-corrected chi connectivity index (χ2v) is 43.4. The second-order valence-electron chi connectivity index (χ2n) is 31.6. The average Bonchev–Trinajstić information content (AvgIpc) is 1.41. The van der Waals surface area contributed by atoms with Gasteiger partial charge in [-0.2, -0.15) is 0 Å². The summed E-state index contributed by atoms with van der Waals surface area (Å²) in [5.41, 5.74) is 5.28. The van der Waals surface area contributed by atoms with Gasteiger partial charge in [0, 0.05) is 62.4 Å². The summed E-state index contributed by atoms with van der Waals surface area (Å²) in [6.45, 7) is 0.227. The Bertz CT molecular complexity index is 6140. The predicted octanol–water partition coefficient (Wildman–Crippen LogP) is 29.6. The maximum absolute atomic E-state index is 15.0. The summed E-state index contributed by atoms with van der Waals surface area (Å²) in [5, 5.41) is -7.66. The molecule has 0 atom stereocenters. The molecule has 728 valence electrons. The molecule has 0 aromatic heterocycles. The van der Waals surface area contributed by atoms with Gasteiger partial charge < -0.3 is 45.2 Å². The average molecular weight is 2020 g/mol. The Morgan fingerprint density at radius 3 is 0.712 bits per heavy atom. The zero-order chi connectivity index (χ0) is 100. The van der Waals surface area contributed by atoms with Crippen molar-refractivity contribution in [3.8, 4) is 0 Å². The Hall–Kier alpha value is -11.2. The quantitative estimate of drug-likeness (QED) is 0.0257. The van der Waals surface area contributed by atoms with Crippen molar-refractivity contribution in [1.82, 2.24) is 0 Å². The van der Waals surface area contributed by atoms with Crippen molar-refractivity contribution in [2.45, 2.75) is 57.9 Å². The molecule has 0 bridgehead atoms. The fourth-order valence-electron chi connectivity index (χ4n) is 18.3. The van der Waals surface area contributed by atoms with Crippen LogP contribution in [0.15, 0.2) is 340 Å². The van der Waals surface area contributed by atoms with Gasteiger partial charge in [-0.15, -0.1) is 0 Å². The lowest BCUT2D eigenvalue weighted by molar-refractivity contribution is 0.207. The molecular formula is C105H95F14O15P5. The van der Waals surface area contributed by atoms with Gasteiger partial charge >= 0.3 is 38.0 Å². The van der Waals surface area contributed by atoms with Crippen LogP contribution >= 0.6 is 38.0 Å². The first-order valence-corrected chi connectivity index (χ1v) is 50.7. The van der Waals surface area contributed by atoms with Crippen LogP contribution in [0.3, 0.4) is 0 Å². The molecule has 0 N–H and O–H groups in total. The summed E-state index contributed by atoms with van der Waals surface area (Å²) in [6.07, 6.45) is 4.80. The molecule has 0 unspecified atom stereocenters. The van der Waals surface area contributed by atoms with Crippen molar-refractivity contribution in [2.75, 3.05) is 70.1 Å². The summed E-state index contributed by atoms with van der Waals surface area (Å²) < 4.78 is 317. The third-order valence-corrected chi connectivity index (χ3v) is 37.5. The Kier molecular flexibility index (Phi) is 35.4. The lowest BCUT2D eigenvalue weighted by Crippen LogP contribution is -2.39. The maximum atomic E-state index is 15.0. The van der Waals surface area contributed by atoms with Gasteiger partial charge in [-0.3, -0.25) is 22.8 Å². The molecule has 14 aromatic carbocycles. The van der Waals surface area contributed by atoms with Gasteiger partial charge in [-0.25, -0.2) is 61.5 Å². The molecular weight excluding hydrogens is 1920 g/mol. The molecule has 2 aliphatic rings. The number of benzene rings is 14. The third-order valence-electron chi connectivity index (χ3n) is 24.5. The predicted molar refractivity (Wildman–Crippen MR) is 502 cm³/mol. The molecule has 1 heterocycles. The molecule has 0 spiro atoms. The first-order valence-electron chi connectivity index (χ1n) is 43.0. The van der Waals surface area contributed by atoms with Crippen molar-refractivity contribution in [1.29, 1.82) is 0 Å². The molecule has 139 heavy (non-hydrogen) atoms. The van der Waals surface area contributed by atoms with Crippen LogP contribution in [0, 0.1) is 87.4 Å². The van der Waals surface area contributed by atoms with Crippen LogP contribution in [-0.4, -0.2) is 70.1 Å². The standard InChI is InChI=1S/C21H16F3O3P.3C21H18F3O3P.C21H25F2O3P/c22-18-7-1-15(2-8-18)21(28(25)26-13-14-27-28,16-3-9-19(23)10-4-16)17-5-11-20(24)12-6-17;1-26-28(25,27-2)21(15-3-9-18(22)10-4-15,16-5-11-19(23)12-6-16)17-7-13-20(24)14-8-17;1-26-28(25,27-2)21(15-6-10-18(22)11-7-15,16-8-12-19(23)13-9-16)17-4-3-5-20(24)14-17;1-26-28(25,27-2)21(15-7-11-17(22)12-8-15,16-9-13-18(23)14-10-16)19-5-3-4-6-20(19)24;1-25-27(24,26-2)21(16-6-4-3-5-7-16,17-8-12-19(22)13-9-17)18-10-14-20(23)15-11-18/h1-12H,13-14H2;3*3-14H,1-2H3;8-16H,3-7H2,1-2H3. The number of hydrogen-bond donors (Lipinski definition) is 0. The van der Waals surface area contributed by atoms with Gasteiger partial charge in [0.25, 0.3) is 0 Å². The summed E-state index contributed by atoms with van der Waals surface area (Å²) >= 11 is 0. The van der Waals surface area contributed by atoms with E-state index >= 15 is 4.39 Å². The molecule has 1 aliphatic heterocycles. The Morgan fingerprint density at radius 1 is 0.245 bits per heavy atom. The van der Waals surface area contributed by atoms with Gasteiger partial charge in [0.05, 0.1) is 13.2 Å². The molecule has 1 saturated carbocycles. The summed E-state index contributed by atoms with van der Waals surface area (Å²) in [4.78, 5) is 0. The van der Waals surface area contributed by atoms with Crippen molar-refractivity contribution in [3.05, 3.63) is 499 Å². The first-order chi connectivity index (χ1) is 66.6. The largest absolute Gasteiger partial charge is 0.350 e. The van der Waals surface area contributed by atoms with Crippen molar-refractivity contribution in [3.63, 3.8) is 0 Å². The van der Waals surface area contributed by atoms with Crippen LogP contribution in [0.5, 0.6) is 0 Å². The van der Waals surface area contributed by atoms with E-state index in [4.69, 9.17) is 45.2 Å². The van der Waals surface area contributed by atoms with E-state index in [9.17, 15) is 79.9 Å². The monoisotopic (exact) mass is 2020 g/mol. The zero-order valence-electron chi connectivity index (χ0n) is 76.0. The molecule has 16 rings (SSSR count). The topological polar surface area (TPSA) is 178 Å². The van der Waals surface area contributed by atoms with Crippen LogP contribution < -0.4 is 0 Å². The van der Waals surface area contributed by atoms with E-state index in [1.807, 2.05) is 0 Å². The van der Waals surface area contributed by atoms with E-state index < -0.39 is 134 Å². The smallest absolute Gasteiger partial charge is 0.311 e. The number of rotatable bonds is 28. The van der Waals surface area contributed by atoms with Crippen LogP contribution in [0.4, 0.5) is 61.5 Å². The number of halogens is 14. The van der Waals surface area contributed by atoms with Gasteiger partial charge in [0.15, 0.2) is 0 Å². The van der Waals surface area contributed by atoms with E-state index in [1.54, 1.807) is 36.4 Å². The van der Waals surface area contributed by atoms with Gasteiger partial charge in [0.1, 0.15) is 107 Å². The molecule has 1 saturated heterocycles.